The van der Waals surface area contributed by atoms with Gasteiger partial charge < -0.3 is 10.1 Å². The van der Waals surface area contributed by atoms with Crippen LogP contribution >= 0.6 is 0 Å². The van der Waals surface area contributed by atoms with Crippen molar-refractivity contribution in [1.82, 2.24) is 9.55 Å². The van der Waals surface area contributed by atoms with Crippen LogP contribution in [0.5, 0.6) is 5.75 Å². The highest BCUT2D eigenvalue weighted by Crippen LogP contribution is 2.31. The molecule has 178 valence electrons. The molecular weight excluding hydrogens is 438 g/mol. The summed E-state index contributed by atoms with van der Waals surface area (Å²) in [6, 6.07) is 21.5. The highest BCUT2D eigenvalue weighted by Gasteiger charge is 2.29. The van der Waals surface area contributed by atoms with Crippen LogP contribution in [0.25, 0.3) is 22.0 Å². The molecule has 0 atom stereocenters. The van der Waals surface area contributed by atoms with E-state index in [4.69, 9.17) is 9.72 Å². The van der Waals surface area contributed by atoms with Gasteiger partial charge in [-0.3, -0.25) is 14.2 Å². The van der Waals surface area contributed by atoms with Crippen LogP contribution in [0.1, 0.15) is 37.6 Å². The van der Waals surface area contributed by atoms with E-state index in [-0.39, 0.29) is 17.4 Å². The molecule has 1 N–H and O–H groups in total. The molecule has 0 aliphatic heterocycles. The van der Waals surface area contributed by atoms with Crippen molar-refractivity contribution in [3.8, 4) is 16.9 Å². The maximum absolute atomic E-state index is 13.6. The van der Waals surface area contributed by atoms with E-state index in [0.29, 0.717) is 29.6 Å². The fourth-order valence-electron chi connectivity index (χ4n) is 4.37. The van der Waals surface area contributed by atoms with E-state index < -0.39 is 0 Å². The molecule has 0 bridgehead atoms. The summed E-state index contributed by atoms with van der Waals surface area (Å²) in [5.74, 6) is 1.72. The lowest BCUT2D eigenvalue weighted by molar-refractivity contribution is -0.117. The zero-order chi connectivity index (χ0) is 24.4. The van der Waals surface area contributed by atoms with Crippen LogP contribution in [0.3, 0.4) is 0 Å². The van der Waals surface area contributed by atoms with Gasteiger partial charge in [-0.05, 0) is 54.7 Å². The minimum Gasteiger partial charge on any atom is -0.496 e. The topological polar surface area (TPSA) is 73.2 Å². The van der Waals surface area contributed by atoms with E-state index in [0.717, 1.165) is 47.5 Å². The van der Waals surface area contributed by atoms with Crippen LogP contribution in [-0.2, 0) is 17.8 Å². The Morgan fingerprint density at radius 2 is 1.86 bits per heavy atom. The highest BCUT2D eigenvalue weighted by atomic mass is 16.5. The minimum atomic E-state index is -0.0882. The number of anilines is 1. The van der Waals surface area contributed by atoms with Gasteiger partial charge in [0.05, 0.1) is 24.6 Å². The first-order valence-corrected chi connectivity index (χ1v) is 12.1. The number of rotatable bonds is 8. The van der Waals surface area contributed by atoms with Crippen molar-refractivity contribution in [3.05, 3.63) is 88.5 Å². The Kier molecular flexibility index (Phi) is 6.36. The molecule has 35 heavy (non-hydrogen) atoms. The van der Waals surface area contributed by atoms with E-state index in [1.807, 2.05) is 48.5 Å². The molecule has 1 aliphatic carbocycles. The second-order valence-electron chi connectivity index (χ2n) is 9.06. The molecule has 6 heteroatoms. The number of aromatic nitrogens is 2. The first-order chi connectivity index (χ1) is 17.1. The Labute approximate surface area is 204 Å². The van der Waals surface area contributed by atoms with Gasteiger partial charge in [-0.25, -0.2) is 4.98 Å². The molecule has 1 aliphatic rings. The number of benzene rings is 3. The predicted octanol–water partition coefficient (Wildman–Crippen LogP) is 5.42. The third-order valence-electron chi connectivity index (χ3n) is 6.44. The highest BCUT2D eigenvalue weighted by molar-refractivity contribution is 5.96. The van der Waals surface area contributed by atoms with Crippen LogP contribution in [0.2, 0.25) is 0 Å². The van der Waals surface area contributed by atoms with Gasteiger partial charge in [0.1, 0.15) is 11.6 Å². The van der Waals surface area contributed by atoms with Gasteiger partial charge in [0, 0.05) is 23.6 Å². The number of carbonyl (C=O) groups is 1. The molecule has 0 unspecified atom stereocenters. The summed E-state index contributed by atoms with van der Waals surface area (Å²) < 4.78 is 7.26. The molecule has 6 nitrogen and oxygen atoms in total. The first-order valence-electron chi connectivity index (χ1n) is 12.1. The maximum atomic E-state index is 13.6. The van der Waals surface area contributed by atoms with Gasteiger partial charge in [0.25, 0.3) is 5.56 Å². The van der Waals surface area contributed by atoms with Gasteiger partial charge in [-0.2, -0.15) is 0 Å². The molecule has 5 rings (SSSR count). The Morgan fingerprint density at radius 3 is 2.57 bits per heavy atom. The number of hydrogen-bond donors (Lipinski definition) is 1. The van der Waals surface area contributed by atoms with Gasteiger partial charge in [-0.15, -0.1) is 0 Å². The predicted molar refractivity (Wildman–Crippen MR) is 139 cm³/mol. The lowest BCUT2D eigenvalue weighted by Crippen LogP contribution is -2.26. The van der Waals surface area contributed by atoms with Crippen molar-refractivity contribution in [2.45, 2.75) is 39.2 Å². The molecule has 3 aromatic carbocycles. The van der Waals surface area contributed by atoms with Crippen molar-refractivity contribution in [3.63, 3.8) is 0 Å². The third-order valence-corrected chi connectivity index (χ3v) is 6.44. The van der Waals surface area contributed by atoms with Crippen LogP contribution in [0, 0.1) is 5.92 Å². The van der Waals surface area contributed by atoms with E-state index >= 15 is 0 Å². The summed E-state index contributed by atoms with van der Waals surface area (Å²) in [5, 5.41) is 3.46. The maximum Gasteiger partial charge on any atom is 0.261 e. The average molecular weight is 468 g/mol. The number of nitrogens with zero attached hydrogens (tertiary/aromatic N) is 2. The Bertz CT molecular complexity index is 1440. The number of nitrogens with one attached hydrogen (secondary N) is 1. The zero-order valence-corrected chi connectivity index (χ0v) is 20.1. The van der Waals surface area contributed by atoms with Crippen molar-refractivity contribution in [2.75, 3.05) is 12.4 Å². The largest absolute Gasteiger partial charge is 0.496 e. The number of ether oxygens (including phenoxy) is 1. The number of methoxy groups -OCH3 is 1. The lowest BCUT2D eigenvalue weighted by Gasteiger charge is -2.15. The smallest absolute Gasteiger partial charge is 0.261 e. The van der Waals surface area contributed by atoms with Crippen LogP contribution in [0.15, 0.2) is 71.5 Å². The monoisotopic (exact) mass is 467 g/mol. The average Bonchev–Trinajstić information content (AvgIpc) is 3.73. The molecule has 1 fully saturated rings. The minimum absolute atomic E-state index is 0.0235. The molecule has 1 aromatic heterocycles. The third kappa shape index (κ3) is 4.83. The first kappa shape index (κ1) is 22.8. The number of aryl methyl sites for hydroxylation is 1. The van der Waals surface area contributed by atoms with Gasteiger partial charge in [-0.1, -0.05) is 49.4 Å². The summed E-state index contributed by atoms with van der Waals surface area (Å²) in [4.78, 5) is 30.6. The van der Waals surface area contributed by atoms with Crippen LogP contribution in [-0.4, -0.2) is 22.6 Å². The van der Waals surface area contributed by atoms with E-state index in [9.17, 15) is 9.59 Å². The zero-order valence-electron chi connectivity index (χ0n) is 20.1. The quantitative estimate of drug-likeness (QED) is 0.375. The summed E-state index contributed by atoms with van der Waals surface area (Å²) >= 11 is 0. The Balaban J connectivity index is 1.48. The molecular formula is C29H29N3O3. The SMILES string of the molecule is CCCc1nc2ccc(NC(=O)C3CC3)cc2c(=O)n1Cc1ccc(-c2ccccc2OC)cc1. The molecule has 1 amide bonds. The number of fused-ring (bicyclic) bond motifs is 1. The lowest BCUT2D eigenvalue weighted by atomic mass is 10.0. The van der Waals surface area contributed by atoms with Crippen LogP contribution in [0.4, 0.5) is 5.69 Å². The van der Waals surface area contributed by atoms with Crippen molar-refractivity contribution >= 4 is 22.5 Å². The normalized spacial score (nSPS) is 13.1. The van der Waals surface area contributed by atoms with Gasteiger partial charge >= 0.3 is 0 Å². The van der Waals surface area contributed by atoms with Crippen molar-refractivity contribution in [2.24, 2.45) is 5.92 Å². The van der Waals surface area contributed by atoms with Gasteiger partial charge in [0.2, 0.25) is 5.91 Å². The van der Waals surface area contributed by atoms with Crippen molar-refractivity contribution < 1.29 is 9.53 Å². The van der Waals surface area contributed by atoms with Crippen LogP contribution < -0.4 is 15.6 Å². The van der Waals surface area contributed by atoms with Gasteiger partial charge in [0.15, 0.2) is 0 Å². The molecule has 1 saturated carbocycles. The summed E-state index contributed by atoms with van der Waals surface area (Å²) in [6.07, 6.45) is 3.47. The Morgan fingerprint density at radius 1 is 1.09 bits per heavy atom. The fraction of sp³-hybridized carbons (Fsp3) is 0.276. The molecule has 0 spiro atoms. The number of hydrogen-bond acceptors (Lipinski definition) is 4. The Hall–Kier alpha value is -3.93. The van der Waals surface area contributed by atoms with Crippen molar-refractivity contribution in [1.29, 1.82) is 0 Å². The van der Waals surface area contributed by atoms with E-state index in [2.05, 4.69) is 24.4 Å². The molecule has 0 saturated heterocycles. The number of carbonyl (C=O) groups excluding carboxylic acids is 1. The second kappa shape index (κ2) is 9.74. The summed E-state index contributed by atoms with van der Waals surface area (Å²) in [5.41, 5.74) is 4.31. The summed E-state index contributed by atoms with van der Waals surface area (Å²) in [7, 11) is 1.67. The number of amides is 1. The molecule has 4 aromatic rings. The molecule has 0 radical (unpaired) electrons. The van der Waals surface area contributed by atoms with E-state index in [1.165, 1.54) is 0 Å². The second-order valence-corrected chi connectivity index (χ2v) is 9.06. The molecule has 1 heterocycles. The number of para-hydroxylation sites is 1. The summed E-state index contributed by atoms with van der Waals surface area (Å²) in [6.45, 7) is 2.52. The standard InChI is InChI=1S/C29H29N3O3/c1-3-6-27-31-25-16-15-22(30-28(33)21-13-14-21)17-24(25)29(34)32(27)18-19-9-11-20(12-10-19)23-7-4-5-8-26(23)35-2/h4-5,7-12,15-17,21H,3,6,13-14,18H2,1-2H3,(H,30,33). The van der Waals surface area contributed by atoms with E-state index in [1.54, 1.807) is 17.7 Å². The fourth-order valence-corrected chi connectivity index (χ4v) is 4.37.